The first-order valence-electron chi connectivity index (χ1n) is 9.81. The van der Waals surface area contributed by atoms with E-state index in [-0.39, 0.29) is 34.9 Å². The zero-order chi connectivity index (χ0) is 25.2. The topological polar surface area (TPSA) is 129 Å². The van der Waals surface area contributed by atoms with Crippen LogP contribution in [0.25, 0.3) is 0 Å². The van der Waals surface area contributed by atoms with Gasteiger partial charge in [0.05, 0.1) is 5.56 Å². The molecule has 1 heterocycles. The number of amides is 2. The van der Waals surface area contributed by atoms with E-state index in [2.05, 4.69) is 10.1 Å². The van der Waals surface area contributed by atoms with Gasteiger partial charge in [0.15, 0.2) is 6.10 Å². The Bertz CT molecular complexity index is 1130. The van der Waals surface area contributed by atoms with Crippen LogP contribution in [0.2, 0.25) is 5.02 Å². The molecule has 3 rings (SSSR count). The van der Waals surface area contributed by atoms with E-state index in [0.717, 1.165) is 29.2 Å². The van der Waals surface area contributed by atoms with E-state index >= 15 is 0 Å². The number of hydrogen-bond acceptors (Lipinski definition) is 5. The molecule has 13 heteroatoms. The van der Waals surface area contributed by atoms with E-state index in [1.165, 1.54) is 6.07 Å². The molecule has 2 aromatic rings. The molecule has 0 spiro atoms. The van der Waals surface area contributed by atoms with E-state index in [4.69, 9.17) is 22.7 Å². The number of likely N-dealkylation sites (tertiary alicyclic amines) is 1. The maximum absolute atomic E-state index is 14.1. The molecule has 0 radical (unpaired) electrons. The first-order valence-corrected chi connectivity index (χ1v) is 10.2. The molecule has 0 aliphatic carbocycles. The lowest BCUT2D eigenvalue weighted by molar-refractivity contribution is -0.154. The summed E-state index contributed by atoms with van der Waals surface area (Å²) in [6.45, 7) is -3.41. The third kappa shape index (κ3) is 5.57. The third-order valence-electron chi connectivity index (χ3n) is 5.15. The van der Waals surface area contributed by atoms with Crippen LogP contribution in [0.3, 0.4) is 0 Å². The molecule has 1 aliphatic rings. The Kier molecular flexibility index (Phi) is 7.62. The predicted molar refractivity (Wildman–Crippen MR) is 112 cm³/mol. The zero-order valence-electron chi connectivity index (χ0n) is 17.3. The molecular formula is C21H19ClF4N4O4. The number of aliphatic hydroxyl groups is 1. The number of benzene rings is 2. The predicted octanol–water partition coefficient (Wildman–Crippen LogP) is 2.45. The first kappa shape index (κ1) is 25.2. The zero-order valence-corrected chi connectivity index (χ0v) is 18.1. The molecule has 34 heavy (non-hydrogen) atoms. The number of nitrogen functional groups attached to an aromatic ring is 1. The van der Waals surface area contributed by atoms with Crippen molar-refractivity contribution in [3.05, 3.63) is 63.7 Å². The number of halogens is 5. The summed E-state index contributed by atoms with van der Waals surface area (Å²) in [5.41, 5.74) is 4.45. The standard InChI is InChI=1S/C21H19ClF4N4O4/c22-11-3-9(4-12(6-11)34-21(25)26)17(31)20(33)30-2-1-16(30)19(32)29-8-10-5-15(24)13(18(27)28)7-14(10)23/h3-7,16-17,21,31H,1-2,8H2,(H3,27,28)(H,29,32). The van der Waals surface area contributed by atoms with Crippen LogP contribution in [0.15, 0.2) is 30.3 Å². The monoisotopic (exact) mass is 502 g/mol. The van der Waals surface area contributed by atoms with Crippen LogP contribution in [0, 0.1) is 17.0 Å². The fourth-order valence-electron chi connectivity index (χ4n) is 3.37. The molecule has 8 nitrogen and oxygen atoms in total. The van der Waals surface area contributed by atoms with Gasteiger partial charge in [0.25, 0.3) is 5.91 Å². The number of carbonyl (C=O) groups excluding carboxylic acids is 2. The van der Waals surface area contributed by atoms with Crippen LogP contribution in [0.1, 0.15) is 29.2 Å². The van der Waals surface area contributed by atoms with Gasteiger partial charge in [-0.05, 0) is 42.3 Å². The fraction of sp³-hybridized carbons (Fsp3) is 0.286. The lowest BCUT2D eigenvalue weighted by atomic mass is 9.98. The van der Waals surface area contributed by atoms with Gasteiger partial charge in [0.2, 0.25) is 5.91 Å². The number of nitrogens with zero attached hydrogens (tertiary/aromatic N) is 1. The van der Waals surface area contributed by atoms with Crippen LogP contribution < -0.4 is 15.8 Å². The van der Waals surface area contributed by atoms with Crippen LogP contribution in [0.4, 0.5) is 17.6 Å². The maximum Gasteiger partial charge on any atom is 0.387 e. The summed E-state index contributed by atoms with van der Waals surface area (Å²) in [7, 11) is 0. The van der Waals surface area contributed by atoms with Gasteiger partial charge >= 0.3 is 6.61 Å². The molecule has 1 aliphatic heterocycles. The lowest BCUT2D eigenvalue weighted by Gasteiger charge is -2.40. The van der Waals surface area contributed by atoms with Crippen molar-refractivity contribution in [3.8, 4) is 5.75 Å². The van der Waals surface area contributed by atoms with Gasteiger partial charge in [-0.3, -0.25) is 15.0 Å². The van der Waals surface area contributed by atoms with Gasteiger partial charge in [-0.25, -0.2) is 8.78 Å². The van der Waals surface area contributed by atoms with E-state index < -0.39 is 60.1 Å². The highest BCUT2D eigenvalue weighted by atomic mass is 35.5. The van der Waals surface area contributed by atoms with Crippen molar-refractivity contribution in [3.63, 3.8) is 0 Å². The Morgan fingerprint density at radius 2 is 1.94 bits per heavy atom. The maximum atomic E-state index is 14.1. The highest BCUT2D eigenvalue weighted by Crippen LogP contribution is 2.29. The number of nitrogens with two attached hydrogens (primary N) is 1. The third-order valence-corrected chi connectivity index (χ3v) is 5.37. The molecule has 2 atom stereocenters. The van der Waals surface area contributed by atoms with Crippen molar-refractivity contribution in [2.45, 2.75) is 31.7 Å². The number of rotatable bonds is 8. The average Bonchev–Trinajstić information content (AvgIpc) is 2.71. The highest BCUT2D eigenvalue weighted by molar-refractivity contribution is 6.30. The minimum absolute atomic E-state index is 0.0528. The van der Waals surface area contributed by atoms with E-state index in [1.54, 1.807) is 0 Å². The molecule has 1 fully saturated rings. The van der Waals surface area contributed by atoms with Crippen molar-refractivity contribution in [1.82, 2.24) is 10.2 Å². The first-order chi connectivity index (χ1) is 16.0. The quantitative estimate of drug-likeness (QED) is 0.250. The molecule has 0 saturated carbocycles. The average molecular weight is 503 g/mol. The molecule has 5 N–H and O–H groups in total. The van der Waals surface area contributed by atoms with Gasteiger partial charge in [-0.2, -0.15) is 8.78 Å². The van der Waals surface area contributed by atoms with Gasteiger partial charge in [-0.15, -0.1) is 0 Å². The Morgan fingerprint density at radius 3 is 2.53 bits per heavy atom. The minimum atomic E-state index is -3.14. The Morgan fingerprint density at radius 1 is 1.24 bits per heavy atom. The summed E-state index contributed by atoms with van der Waals surface area (Å²) >= 11 is 5.84. The van der Waals surface area contributed by atoms with Crippen LogP contribution in [-0.2, 0) is 16.1 Å². The SMILES string of the molecule is N=C(N)c1cc(F)c(CNC(=O)C2CCN2C(=O)C(O)c2cc(Cl)cc(OC(F)F)c2)cc1F. The summed E-state index contributed by atoms with van der Waals surface area (Å²) in [5, 5.41) is 20.0. The number of hydrogen-bond donors (Lipinski definition) is 4. The van der Waals surface area contributed by atoms with Crippen molar-refractivity contribution >= 4 is 29.3 Å². The number of aliphatic hydroxyl groups excluding tert-OH is 1. The van der Waals surface area contributed by atoms with Crippen LogP contribution >= 0.6 is 11.6 Å². The molecule has 182 valence electrons. The number of nitrogens with one attached hydrogen (secondary N) is 2. The van der Waals surface area contributed by atoms with Gasteiger partial charge in [-0.1, -0.05) is 11.6 Å². The smallest absolute Gasteiger partial charge is 0.387 e. The van der Waals surface area contributed by atoms with E-state index in [0.29, 0.717) is 0 Å². The number of carbonyl (C=O) groups is 2. The Hall–Kier alpha value is -3.38. The second-order valence-electron chi connectivity index (χ2n) is 7.39. The number of ether oxygens (including phenoxy) is 1. The number of alkyl halides is 2. The molecule has 2 aromatic carbocycles. The minimum Gasteiger partial charge on any atom is -0.435 e. The second-order valence-corrected chi connectivity index (χ2v) is 7.83. The van der Waals surface area contributed by atoms with Crippen molar-refractivity contribution in [1.29, 1.82) is 5.41 Å². The molecule has 0 bridgehead atoms. The van der Waals surface area contributed by atoms with Gasteiger partial charge in [0, 0.05) is 23.7 Å². The molecule has 2 amide bonds. The second kappa shape index (κ2) is 10.3. The fourth-order valence-corrected chi connectivity index (χ4v) is 3.60. The van der Waals surface area contributed by atoms with Crippen LogP contribution in [0.5, 0.6) is 5.75 Å². The molecule has 1 saturated heterocycles. The Balaban J connectivity index is 1.65. The van der Waals surface area contributed by atoms with E-state index in [1.807, 2.05) is 0 Å². The normalized spacial score (nSPS) is 16.1. The number of amidine groups is 1. The van der Waals surface area contributed by atoms with Gasteiger partial charge in [0.1, 0.15) is 29.3 Å². The summed E-state index contributed by atoms with van der Waals surface area (Å²) in [4.78, 5) is 26.2. The van der Waals surface area contributed by atoms with Crippen molar-refractivity contribution < 1.29 is 37.0 Å². The Labute approximate surface area is 195 Å². The van der Waals surface area contributed by atoms with Crippen molar-refractivity contribution in [2.24, 2.45) is 5.73 Å². The lowest BCUT2D eigenvalue weighted by Crippen LogP contribution is -2.59. The van der Waals surface area contributed by atoms with Crippen molar-refractivity contribution in [2.75, 3.05) is 6.54 Å². The molecule has 2 unspecified atom stereocenters. The van der Waals surface area contributed by atoms with Crippen LogP contribution in [-0.4, -0.2) is 46.9 Å². The summed E-state index contributed by atoms with van der Waals surface area (Å²) in [6.07, 6.45) is -1.56. The van der Waals surface area contributed by atoms with Gasteiger partial charge < -0.3 is 25.8 Å². The van der Waals surface area contributed by atoms with E-state index in [9.17, 15) is 32.3 Å². The summed E-state index contributed by atoms with van der Waals surface area (Å²) in [5.74, 6) is -4.37. The summed E-state index contributed by atoms with van der Waals surface area (Å²) < 4.78 is 57.3. The largest absolute Gasteiger partial charge is 0.435 e. The molecular weight excluding hydrogens is 484 g/mol. The summed E-state index contributed by atoms with van der Waals surface area (Å²) in [6, 6.07) is 3.86. The highest BCUT2D eigenvalue weighted by Gasteiger charge is 2.40. The molecule has 0 aromatic heterocycles.